The number of hydrogen-bond donors (Lipinski definition) is 2. The number of nitrogens with two attached hydrogens (primary N) is 1. The molecular weight excluding hydrogens is 228 g/mol. The molecule has 1 saturated carbocycles. The number of carbonyl (C=O) groups excluding carboxylic acids is 1. The van der Waals surface area contributed by atoms with E-state index in [1.807, 2.05) is 18.2 Å². The molecule has 0 unspecified atom stereocenters. The maximum Gasteiger partial charge on any atom is 0.227 e. The van der Waals surface area contributed by atoms with Crippen molar-refractivity contribution in [2.45, 2.75) is 32.2 Å². The largest absolute Gasteiger partial charge is 0.495 e. The van der Waals surface area contributed by atoms with Gasteiger partial charge in [0, 0.05) is 12.0 Å². The molecule has 1 aromatic carbocycles. The zero-order valence-electron chi connectivity index (χ0n) is 10.9. The lowest BCUT2D eigenvalue weighted by Crippen LogP contribution is -2.42. The number of amides is 1. The molecule has 2 rings (SSSR count). The van der Waals surface area contributed by atoms with Gasteiger partial charge in [-0.25, -0.2) is 0 Å². The van der Waals surface area contributed by atoms with Gasteiger partial charge in [0.25, 0.3) is 0 Å². The predicted molar refractivity (Wildman–Crippen MR) is 71.7 cm³/mol. The van der Waals surface area contributed by atoms with Gasteiger partial charge in [-0.05, 0) is 37.0 Å². The summed E-state index contributed by atoms with van der Waals surface area (Å²) in [6, 6.07) is 6.05. The lowest BCUT2D eigenvalue weighted by atomic mass is 9.80. The van der Waals surface area contributed by atoms with E-state index in [1.165, 1.54) is 5.56 Å². The van der Waals surface area contributed by atoms with Crippen molar-refractivity contribution in [2.75, 3.05) is 12.4 Å². The van der Waals surface area contributed by atoms with Crippen LogP contribution in [0.2, 0.25) is 0 Å². The van der Waals surface area contributed by atoms with E-state index >= 15 is 0 Å². The van der Waals surface area contributed by atoms with Gasteiger partial charge in [0.2, 0.25) is 5.91 Å². The second-order valence-electron chi connectivity index (χ2n) is 4.81. The SMILES string of the molecule is CCc1ccc(OC)c(NC(=O)C2CC(N)C2)c1. The molecule has 1 aliphatic carbocycles. The Morgan fingerprint density at radius 3 is 2.78 bits per heavy atom. The molecule has 4 nitrogen and oxygen atoms in total. The predicted octanol–water partition coefficient (Wildman–Crippen LogP) is 1.93. The average Bonchev–Trinajstić information content (AvgIpc) is 2.34. The molecule has 0 saturated heterocycles. The highest BCUT2D eigenvalue weighted by Gasteiger charge is 2.32. The normalized spacial score (nSPS) is 22.2. The summed E-state index contributed by atoms with van der Waals surface area (Å²) in [5, 5.41) is 2.94. The summed E-state index contributed by atoms with van der Waals surface area (Å²) in [5.41, 5.74) is 7.63. The van der Waals surface area contributed by atoms with Crippen LogP contribution in [0.4, 0.5) is 5.69 Å². The first-order valence-corrected chi connectivity index (χ1v) is 6.37. The van der Waals surface area contributed by atoms with E-state index in [4.69, 9.17) is 10.5 Å². The molecule has 0 spiro atoms. The monoisotopic (exact) mass is 248 g/mol. The van der Waals surface area contributed by atoms with Crippen molar-refractivity contribution in [3.05, 3.63) is 23.8 Å². The summed E-state index contributed by atoms with van der Waals surface area (Å²) in [6.45, 7) is 2.08. The van der Waals surface area contributed by atoms with Crippen molar-refractivity contribution < 1.29 is 9.53 Å². The molecule has 0 radical (unpaired) electrons. The molecule has 0 aromatic heterocycles. The van der Waals surface area contributed by atoms with Crippen LogP contribution >= 0.6 is 0 Å². The van der Waals surface area contributed by atoms with Crippen molar-refractivity contribution in [1.29, 1.82) is 0 Å². The molecule has 1 fully saturated rings. The molecule has 98 valence electrons. The lowest BCUT2D eigenvalue weighted by Gasteiger charge is -2.31. The summed E-state index contributed by atoms with van der Waals surface area (Å²) in [7, 11) is 1.61. The smallest absolute Gasteiger partial charge is 0.227 e. The Kier molecular flexibility index (Phi) is 3.87. The first-order valence-electron chi connectivity index (χ1n) is 6.37. The van der Waals surface area contributed by atoms with Gasteiger partial charge in [0.15, 0.2) is 0 Å². The van der Waals surface area contributed by atoms with E-state index in [0.29, 0.717) is 5.75 Å². The number of nitrogens with one attached hydrogen (secondary N) is 1. The van der Waals surface area contributed by atoms with Crippen molar-refractivity contribution in [3.8, 4) is 5.75 Å². The topological polar surface area (TPSA) is 64.3 Å². The van der Waals surface area contributed by atoms with Crippen molar-refractivity contribution in [1.82, 2.24) is 0 Å². The van der Waals surface area contributed by atoms with Crippen molar-refractivity contribution in [3.63, 3.8) is 0 Å². The van der Waals surface area contributed by atoms with Gasteiger partial charge < -0.3 is 15.8 Å². The Labute approximate surface area is 108 Å². The number of rotatable bonds is 4. The maximum absolute atomic E-state index is 12.0. The number of ether oxygens (including phenoxy) is 1. The number of benzene rings is 1. The van der Waals surface area contributed by atoms with Crippen LogP contribution in [0.5, 0.6) is 5.75 Å². The first-order chi connectivity index (χ1) is 8.63. The standard InChI is InChI=1S/C14H20N2O2/c1-3-9-4-5-13(18-2)12(6-9)16-14(17)10-7-11(15)8-10/h4-6,10-11H,3,7-8,15H2,1-2H3,(H,16,17). The third kappa shape index (κ3) is 2.64. The Balaban J connectivity index is 2.09. The number of aryl methyl sites for hydroxylation is 1. The lowest BCUT2D eigenvalue weighted by molar-refractivity contribution is -0.122. The molecule has 3 N–H and O–H groups in total. The minimum absolute atomic E-state index is 0.0447. The van der Waals surface area contributed by atoms with Crippen LogP contribution < -0.4 is 15.8 Å². The summed E-state index contributed by atoms with van der Waals surface area (Å²) in [4.78, 5) is 12.0. The summed E-state index contributed by atoms with van der Waals surface area (Å²) >= 11 is 0. The van der Waals surface area contributed by atoms with Crippen LogP contribution in [0.15, 0.2) is 18.2 Å². The minimum atomic E-state index is 0.0447. The van der Waals surface area contributed by atoms with Crippen LogP contribution in [0.3, 0.4) is 0 Å². The number of methoxy groups -OCH3 is 1. The molecule has 0 aliphatic heterocycles. The number of carbonyl (C=O) groups is 1. The zero-order chi connectivity index (χ0) is 13.1. The Morgan fingerprint density at radius 1 is 1.50 bits per heavy atom. The molecular formula is C14H20N2O2. The third-order valence-electron chi connectivity index (χ3n) is 3.48. The minimum Gasteiger partial charge on any atom is -0.495 e. The molecule has 1 amide bonds. The fourth-order valence-corrected chi connectivity index (χ4v) is 2.18. The van der Waals surface area contributed by atoms with Gasteiger partial charge in [-0.15, -0.1) is 0 Å². The fraction of sp³-hybridized carbons (Fsp3) is 0.500. The molecule has 1 aromatic rings. The average molecular weight is 248 g/mol. The molecule has 0 atom stereocenters. The van der Waals surface area contributed by atoms with Gasteiger partial charge in [-0.1, -0.05) is 13.0 Å². The van der Waals surface area contributed by atoms with Gasteiger partial charge in [0.1, 0.15) is 5.75 Å². The van der Waals surface area contributed by atoms with E-state index in [9.17, 15) is 4.79 Å². The van der Waals surface area contributed by atoms with Crippen molar-refractivity contribution >= 4 is 11.6 Å². The second-order valence-corrected chi connectivity index (χ2v) is 4.81. The van der Waals surface area contributed by atoms with Crippen LogP contribution in [-0.2, 0) is 11.2 Å². The van der Waals surface area contributed by atoms with Gasteiger partial charge >= 0.3 is 0 Å². The fourth-order valence-electron chi connectivity index (χ4n) is 2.18. The highest BCUT2D eigenvalue weighted by Crippen LogP contribution is 2.30. The van der Waals surface area contributed by atoms with Crippen molar-refractivity contribution in [2.24, 2.45) is 11.7 Å². The second kappa shape index (κ2) is 5.40. The van der Waals surface area contributed by atoms with E-state index < -0.39 is 0 Å². The molecule has 1 aliphatic rings. The summed E-state index contributed by atoms with van der Waals surface area (Å²) < 4.78 is 5.26. The first kappa shape index (κ1) is 12.9. The molecule has 0 bridgehead atoms. The highest BCUT2D eigenvalue weighted by atomic mass is 16.5. The van der Waals surface area contributed by atoms with E-state index in [0.717, 1.165) is 24.9 Å². The van der Waals surface area contributed by atoms with Crippen LogP contribution in [0.1, 0.15) is 25.3 Å². The van der Waals surface area contributed by atoms with Gasteiger partial charge in [-0.3, -0.25) is 4.79 Å². The molecule has 0 heterocycles. The number of hydrogen-bond acceptors (Lipinski definition) is 3. The van der Waals surface area contributed by atoms with Crippen LogP contribution in [-0.4, -0.2) is 19.1 Å². The van der Waals surface area contributed by atoms with Gasteiger partial charge in [-0.2, -0.15) is 0 Å². The van der Waals surface area contributed by atoms with Crippen LogP contribution in [0.25, 0.3) is 0 Å². The Hall–Kier alpha value is -1.55. The quantitative estimate of drug-likeness (QED) is 0.855. The van der Waals surface area contributed by atoms with Crippen LogP contribution in [0, 0.1) is 5.92 Å². The van der Waals surface area contributed by atoms with E-state index in [1.54, 1.807) is 7.11 Å². The third-order valence-corrected chi connectivity index (χ3v) is 3.48. The number of anilines is 1. The maximum atomic E-state index is 12.0. The summed E-state index contributed by atoms with van der Waals surface area (Å²) in [6.07, 6.45) is 2.49. The van der Waals surface area contributed by atoms with E-state index in [2.05, 4.69) is 12.2 Å². The van der Waals surface area contributed by atoms with E-state index in [-0.39, 0.29) is 17.9 Å². The summed E-state index contributed by atoms with van der Waals surface area (Å²) in [5.74, 6) is 0.794. The Morgan fingerprint density at radius 2 is 2.22 bits per heavy atom. The van der Waals surface area contributed by atoms with Gasteiger partial charge in [0.05, 0.1) is 12.8 Å². The molecule has 4 heteroatoms. The zero-order valence-corrected chi connectivity index (χ0v) is 10.9. The molecule has 18 heavy (non-hydrogen) atoms. The highest BCUT2D eigenvalue weighted by molar-refractivity contribution is 5.94. The Bertz CT molecular complexity index is 439.